The second-order valence-corrected chi connectivity index (χ2v) is 4.05. The quantitative estimate of drug-likeness (QED) is 0.866. The molecule has 0 bridgehead atoms. The van der Waals surface area contributed by atoms with E-state index in [-0.39, 0.29) is 5.91 Å². The first kappa shape index (κ1) is 13.2. The number of hydrogen-bond donors (Lipinski definition) is 1. The fourth-order valence-electron chi connectivity index (χ4n) is 1.62. The van der Waals surface area contributed by atoms with Crippen molar-refractivity contribution in [2.24, 2.45) is 5.41 Å². The Hall–Kier alpha value is -1.89. The molecule has 17 heavy (non-hydrogen) atoms. The van der Waals surface area contributed by atoms with E-state index in [1.807, 2.05) is 26.8 Å². The molecule has 1 aromatic heterocycles. The first-order valence-electron chi connectivity index (χ1n) is 5.73. The van der Waals surface area contributed by atoms with Gasteiger partial charge >= 0.3 is 0 Å². The lowest BCUT2D eigenvalue weighted by Gasteiger charge is -2.22. The second-order valence-electron chi connectivity index (χ2n) is 4.05. The van der Waals surface area contributed by atoms with E-state index >= 15 is 0 Å². The zero-order valence-electron chi connectivity index (χ0n) is 10.4. The number of nitrogens with zero attached hydrogens (tertiary/aromatic N) is 2. The molecule has 0 spiro atoms. The molecule has 4 heteroatoms. The summed E-state index contributed by atoms with van der Waals surface area (Å²) < 4.78 is 0. The van der Waals surface area contributed by atoms with Gasteiger partial charge < -0.3 is 5.32 Å². The van der Waals surface area contributed by atoms with Crippen molar-refractivity contribution >= 4 is 11.6 Å². The Morgan fingerprint density at radius 1 is 1.53 bits per heavy atom. The van der Waals surface area contributed by atoms with Gasteiger partial charge in [0.1, 0.15) is 5.41 Å². The molecule has 0 unspecified atom stereocenters. The number of nitrogens with one attached hydrogen (secondary N) is 1. The Balaban J connectivity index is 2.93. The molecule has 0 saturated carbocycles. The fraction of sp³-hybridized carbons (Fsp3) is 0.462. The van der Waals surface area contributed by atoms with E-state index in [4.69, 9.17) is 5.26 Å². The molecule has 0 aliphatic rings. The molecule has 1 amide bonds. The lowest BCUT2D eigenvalue weighted by atomic mass is 9.83. The highest BCUT2D eigenvalue weighted by molar-refractivity contribution is 5.97. The lowest BCUT2D eigenvalue weighted by molar-refractivity contribution is -0.123. The maximum absolute atomic E-state index is 12.1. The zero-order valence-corrected chi connectivity index (χ0v) is 10.4. The van der Waals surface area contributed by atoms with Gasteiger partial charge in [-0.05, 0) is 31.4 Å². The molecule has 0 fully saturated rings. The molecular weight excluding hydrogens is 214 g/mol. The largest absolute Gasteiger partial charge is 0.323 e. The third-order valence-electron chi connectivity index (χ3n) is 3.14. The van der Waals surface area contributed by atoms with E-state index < -0.39 is 5.41 Å². The van der Waals surface area contributed by atoms with Gasteiger partial charge in [-0.3, -0.25) is 9.78 Å². The first-order chi connectivity index (χ1) is 8.09. The van der Waals surface area contributed by atoms with Crippen LogP contribution in [-0.2, 0) is 4.79 Å². The van der Waals surface area contributed by atoms with Crippen LogP contribution in [0.15, 0.2) is 18.5 Å². The van der Waals surface area contributed by atoms with Gasteiger partial charge in [-0.15, -0.1) is 0 Å². The van der Waals surface area contributed by atoms with E-state index in [9.17, 15) is 4.79 Å². The molecule has 0 aliphatic heterocycles. The minimum Gasteiger partial charge on any atom is -0.323 e. The summed E-state index contributed by atoms with van der Waals surface area (Å²) in [7, 11) is 0. The van der Waals surface area contributed by atoms with Gasteiger partial charge in [-0.1, -0.05) is 13.8 Å². The van der Waals surface area contributed by atoms with Crippen LogP contribution in [0.2, 0.25) is 0 Å². The van der Waals surface area contributed by atoms with Crippen LogP contribution < -0.4 is 5.32 Å². The lowest BCUT2D eigenvalue weighted by Crippen LogP contribution is -2.34. The van der Waals surface area contributed by atoms with Crippen molar-refractivity contribution in [2.75, 3.05) is 5.32 Å². The summed E-state index contributed by atoms with van der Waals surface area (Å²) in [5.41, 5.74) is 0.661. The van der Waals surface area contributed by atoms with Crippen molar-refractivity contribution in [1.82, 2.24) is 4.98 Å². The number of amides is 1. The van der Waals surface area contributed by atoms with Crippen molar-refractivity contribution in [2.45, 2.75) is 33.6 Å². The first-order valence-corrected chi connectivity index (χ1v) is 5.73. The second kappa shape index (κ2) is 5.44. The summed E-state index contributed by atoms with van der Waals surface area (Å²) in [6.07, 6.45) is 4.28. The highest BCUT2D eigenvalue weighted by atomic mass is 16.2. The van der Waals surface area contributed by atoms with Crippen LogP contribution in [-0.4, -0.2) is 10.9 Å². The summed E-state index contributed by atoms with van der Waals surface area (Å²) in [5, 5.41) is 11.9. The van der Waals surface area contributed by atoms with Gasteiger partial charge in [-0.2, -0.15) is 5.26 Å². The van der Waals surface area contributed by atoms with Gasteiger partial charge in [0.05, 0.1) is 18.0 Å². The van der Waals surface area contributed by atoms with E-state index in [1.165, 1.54) is 0 Å². The number of carbonyl (C=O) groups excluding carboxylic acids is 1. The van der Waals surface area contributed by atoms with Crippen LogP contribution in [0.3, 0.4) is 0 Å². The molecular formula is C13H17N3O. The Labute approximate surface area is 102 Å². The number of hydrogen-bond acceptors (Lipinski definition) is 3. The van der Waals surface area contributed by atoms with E-state index in [2.05, 4.69) is 16.4 Å². The predicted molar refractivity (Wildman–Crippen MR) is 66.2 cm³/mol. The Morgan fingerprint density at radius 3 is 2.65 bits per heavy atom. The Kier molecular flexibility index (Phi) is 4.22. The molecule has 1 N–H and O–H groups in total. The van der Waals surface area contributed by atoms with Crippen molar-refractivity contribution in [1.29, 1.82) is 5.26 Å². The topological polar surface area (TPSA) is 65.8 Å². The highest BCUT2D eigenvalue weighted by Crippen LogP contribution is 2.27. The molecule has 90 valence electrons. The number of anilines is 1. The normalized spacial score (nSPS) is 10.7. The van der Waals surface area contributed by atoms with Crippen LogP contribution >= 0.6 is 0 Å². The van der Waals surface area contributed by atoms with Crippen molar-refractivity contribution in [3.8, 4) is 6.07 Å². The molecule has 4 nitrogen and oxygen atoms in total. The molecule has 1 rings (SSSR count). The maximum Gasteiger partial charge on any atom is 0.244 e. The van der Waals surface area contributed by atoms with Gasteiger partial charge in [0.2, 0.25) is 5.91 Å². The number of rotatable bonds is 4. The fourth-order valence-corrected chi connectivity index (χ4v) is 1.62. The number of carbonyl (C=O) groups is 1. The monoisotopic (exact) mass is 231 g/mol. The van der Waals surface area contributed by atoms with Crippen LogP contribution in [0.4, 0.5) is 5.69 Å². The summed E-state index contributed by atoms with van der Waals surface area (Å²) in [5.74, 6) is -0.249. The number of aryl methyl sites for hydroxylation is 1. The smallest absolute Gasteiger partial charge is 0.244 e. The van der Waals surface area contributed by atoms with Gasteiger partial charge in [0, 0.05) is 6.20 Å². The Morgan fingerprint density at radius 2 is 2.18 bits per heavy atom. The van der Waals surface area contributed by atoms with E-state index in [1.54, 1.807) is 12.4 Å². The molecule has 1 aromatic rings. The number of nitriles is 1. The van der Waals surface area contributed by atoms with E-state index in [0.29, 0.717) is 18.5 Å². The van der Waals surface area contributed by atoms with Crippen LogP contribution in [0.25, 0.3) is 0 Å². The third kappa shape index (κ3) is 2.62. The summed E-state index contributed by atoms with van der Waals surface area (Å²) >= 11 is 0. The molecule has 0 saturated heterocycles. The molecule has 0 aromatic carbocycles. The highest BCUT2D eigenvalue weighted by Gasteiger charge is 2.35. The summed E-state index contributed by atoms with van der Waals surface area (Å²) in [4.78, 5) is 16.1. The average Bonchev–Trinajstić information content (AvgIpc) is 2.35. The number of aromatic nitrogens is 1. The van der Waals surface area contributed by atoms with Gasteiger partial charge in [0.25, 0.3) is 0 Å². The van der Waals surface area contributed by atoms with Crippen molar-refractivity contribution in [3.05, 3.63) is 24.0 Å². The van der Waals surface area contributed by atoms with Crippen molar-refractivity contribution in [3.63, 3.8) is 0 Å². The zero-order chi connectivity index (χ0) is 12.9. The summed E-state index contributed by atoms with van der Waals surface area (Å²) in [6, 6.07) is 3.94. The summed E-state index contributed by atoms with van der Waals surface area (Å²) in [6.45, 7) is 5.59. The maximum atomic E-state index is 12.1. The minimum absolute atomic E-state index is 0.249. The van der Waals surface area contributed by atoms with E-state index in [0.717, 1.165) is 5.56 Å². The van der Waals surface area contributed by atoms with Gasteiger partial charge in [0.15, 0.2) is 0 Å². The average molecular weight is 231 g/mol. The molecule has 1 heterocycles. The SMILES string of the molecule is CCC(C#N)(CC)C(=O)Nc1cnccc1C. The molecule has 0 aliphatic carbocycles. The van der Waals surface area contributed by atoms with Gasteiger partial charge in [-0.25, -0.2) is 0 Å². The third-order valence-corrected chi connectivity index (χ3v) is 3.14. The molecule has 0 radical (unpaired) electrons. The Bertz CT molecular complexity index is 444. The van der Waals surface area contributed by atoms with Crippen LogP contribution in [0.1, 0.15) is 32.3 Å². The number of pyridine rings is 1. The van der Waals surface area contributed by atoms with Crippen LogP contribution in [0.5, 0.6) is 0 Å². The van der Waals surface area contributed by atoms with Crippen molar-refractivity contribution < 1.29 is 4.79 Å². The van der Waals surface area contributed by atoms with Crippen LogP contribution in [0, 0.1) is 23.7 Å². The molecule has 0 atom stereocenters. The predicted octanol–water partition coefficient (Wildman–Crippen LogP) is 2.66. The minimum atomic E-state index is -0.942. The standard InChI is InChI=1S/C13H17N3O/c1-4-13(5-2,9-14)12(17)16-11-8-15-7-6-10(11)3/h6-8H,4-5H2,1-3H3,(H,16,17).